The first kappa shape index (κ1) is 17.9. The molecule has 0 aliphatic rings. The van der Waals surface area contributed by atoms with Gasteiger partial charge in [0.05, 0.1) is 13.2 Å². The highest BCUT2D eigenvalue weighted by molar-refractivity contribution is 5.90. The summed E-state index contributed by atoms with van der Waals surface area (Å²) in [6, 6.07) is 7.70. The smallest absolute Gasteiger partial charge is 0.328 e. The molecule has 0 aromatic heterocycles. The molecule has 2 atom stereocenters. The molecule has 0 aliphatic carbocycles. The lowest BCUT2D eigenvalue weighted by atomic mass is 9.94. The van der Waals surface area contributed by atoms with Crippen LogP contribution >= 0.6 is 0 Å². The number of methoxy groups -OCH3 is 1. The fourth-order valence-corrected chi connectivity index (χ4v) is 1.84. The van der Waals surface area contributed by atoms with E-state index in [2.05, 4.69) is 11.9 Å². The van der Waals surface area contributed by atoms with Crippen LogP contribution in [0.3, 0.4) is 0 Å². The van der Waals surface area contributed by atoms with Gasteiger partial charge in [0.15, 0.2) is 11.6 Å². The molecule has 0 aliphatic heterocycles. The number of nitrogens with one attached hydrogen (secondary N) is 1. The Labute approximate surface area is 129 Å². The topological polar surface area (TPSA) is 84.9 Å². The van der Waals surface area contributed by atoms with E-state index in [1.54, 1.807) is 31.2 Å². The third-order valence-corrected chi connectivity index (χ3v) is 3.29. The molecule has 0 saturated heterocycles. The van der Waals surface area contributed by atoms with E-state index in [0.717, 1.165) is 0 Å². The van der Waals surface area contributed by atoms with E-state index in [1.165, 1.54) is 13.2 Å². The van der Waals surface area contributed by atoms with Crippen LogP contribution in [0.4, 0.5) is 0 Å². The van der Waals surface area contributed by atoms with Crippen molar-refractivity contribution in [2.24, 2.45) is 0 Å². The maximum atomic E-state index is 12.5. The van der Waals surface area contributed by atoms with Gasteiger partial charge in [0.25, 0.3) is 5.91 Å². The number of hydrogen-bond acceptors (Lipinski definition) is 4. The van der Waals surface area contributed by atoms with Crippen LogP contribution in [-0.2, 0) is 24.7 Å². The zero-order valence-electron chi connectivity index (χ0n) is 12.7. The Morgan fingerprint density at radius 1 is 1.41 bits per heavy atom. The van der Waals surface area contributed by atoms with Crippen molar-refractivity contribution in [3.8, 4) is 0 Å². The van der Waals surface area contributed by atoms with E-state index in [9.17, 15) is 9.59 Å². The molecule has 0 spiro atoms. The third-order valence-electron chi connectivity index (χ3n) is 3.29. The quantitative estimate of drug-likeness (QED) is 0.531. The second kappa shape index (κ2) is 8.31. The molecule has 6 heteroatoms. The summed E-state index contributed by atoms with van der Waals surface area (Å²) in [7, 11) is 1.40. The number of carboxylic acid groups (broad SMARTS) is 1. The van der Waals surface area contributed by atoms with Crippen LogP contribution in [0.2, 0.25) is 0 Å². The number of carboxylic acids is 1. The number of ether oxygens (including phenoxy) is 2. The summed E-state index contributed by atoms with van der Waals surface area (Å²) >= 11 is 0. The number of carbonyl (C=O) groups is 2. The molecule has 1 rings (SSSR count). The summed E-state index contributed by atoms with van der Waals surface area (Å²) in [5, 5.41) is 11.6. The highest BCUT2D eigenvalue weighted by Crippen LogP contribution is 2.24. The average Bonchev–Trinajstić information content (AvgIpc) is 2.53. The van der Waals surface area contributed by atoms with Crippen molar-refractivity contribution in [1.82, 2.24) is 5.32 Å². The van der Waals surface area contributed by atoms with E-state index in [0.29, 0.717) is 5.56 Å². The molecule has 1 amide bonds. The van der Waals surface area contributed by atoms with Crippen molar-refractivity contribution in [3.05, 3.63) is 48.6 Å². The molecule has 2 N–H and O–H groups in total. The van der Waals surface area contributed by atoms with Crippen LogP contribution in [0.15, 0.2) is 43.0 Å². The van der Waals surface area contributed by atoms with Crippen LogP contribution < -0.4 is 5.32 Å². The first-order chi connectivity index (χ1) is 10.5. The number of hydrogen-bond donors (Lipinski definition) is 2. The van der Waals surface area contributed by atoms with Gasteiger partial charge in [0, 0.05) is 7.11 Å². The highest BCUT2D eigenvalue weighted by Gasteiger charge is 2.37. The van der Waals surface area contributed by atoms with Crippen molar-refractivity contribution in [1.29, 1.82) is 0 Å². The predicted octanol–water partition coefficient (Wildman–Crippen LogP) is 1.32. The fraction of sp³-hybridized carbons (Fsp3) is 0.375. The molecular weight excluding hydrogens is 286 g/mol. The maximum absolute atomic E-state index is 12.5. The number of rotatable bonds is 9. The normalized spacial score (nSPS) is 14.6. The van der Waals surface area contributed by atoms with Gasteiger partial charge in [-0.2, -0.15) is 0 Å². The Hall–Kier alpha value is -2.18. The van der Waals surface area contributed by atoms with E-state index in [4.69, 9.17) is 14.6 Å². The molecule has 1 aromatic rings. The summed E-state index contributed by atoms with van der Waals surface area (Å²) in [4.78, 5) is 23.7. The third kappa shape index (κ3) is 4.41. The van der Waals surface area contributed by atoms with E-state index in [1.807, 2.05) is 6.07 Å². The Morgan fingerprint density at radius 3 is 2.55 bits per heavy atom. The average molecular weight is 307 g/mol. The first-order valence-corrected chi connectivity index (χ1v) is 6.78. The Bertz CT molecular complexity index is 517. The van der Waals surface area contributed by atoms with E-state index < -0.39 is 23.5 Å². The lowest BCUT2D eigenvalue weighted by molar-refractivity contribution is -0.150. The van der Waals surface area contributed by atoms with Crippen LogP contribution in [0.25, 0.3) is 0 Å². The van der Waals surface area contributed by atoms with Crippen molar-refractivity contribution in [2.75, 3.05) is 20.3 Å². The van der Waals surface area contributed by atoms with Crippen molar-refractivity contribution in [2.45, 2.75) is 18.6 Å². The van der Waals surface area contributed by atoms with Crippen LogP contribution in [0.5, 0.6) is 0 Å². The lowest BCUT2D eigenvalue weighted by Gasteiger charge is -2.29. The van der Waals surface area contributed by atoms with Gasteiger partial charge in [-0.1, -0.05) is 36.4 Å². The first-order valence-electron chi connectivity index (χ1n) is 6.78. The number of benzene rings is 1. The number of aliphatic carboxylic acids is 1. The molecule has 0 radical (unpaired) electrons. The van der Waals surface area contributed by atoms with Gasteiger partial charge in [0.1, 0.15) is 0 Å². The largest absolute Gasteiger partial charge is 0.480 e. The molecule has 1 aromatic carbocycles. The number of amides is 1. The molecular formula is C16H21NO5. The molecule has 120 valence electrons. The Balaban J connectivity index is 2.86. The van der Waals surface area contributed by atoms with Crippen molar-refractivity contribution in [3.63, 3.8) is 0 Å². The van der Waals surface area contributed by atoms with Gasteiger partial charge >= 0.3 is 5.97 Å². The van der Waals surface area contributed by atoms with Gasteiger partial charge in [-0.25, -0.2) is 4.79 Å². The second-order valence-corrected chi connectivity index (χ2v) is 4.79. The monoisotopic (exact) mass is 307 g/mol. The zero-order chi connectivity index (χ0) is 16.6. The Kier molecular flexibility index (Phi) is 6.75. The van der Waals surface area contributed by atoms with E-state index in [-0.39, 0.29) is 13.2 Å². The number of carbonyl (C=O) groups excluding carboxylic acids is 1. The van der Waals surface area contributed by atoms with Gasteiger partial charge in [-0.15, -0.1) is 6.58 Å². The van der Waals surface area contributed by atoms with Crippen molar-refractivity contribution < 1.29 is 24.2 Å². The summed E-state index contributed by atoms with van der Waals surface area (Å²) in [6.45, 7) is 5.12. The molecule has 0 bridgehead atoms. The van der Waals surface area contributed by atoms with Gasteiger partial charge in [0.2, 0.25) is 0 Å². The molecule has 0 saturated carbocycles. The highest BCUT2D eigenvalue weighted by atomic mass is 16.5. The summed E-state index contributed by atoms with van der Waals surface area (Å²) < 4.78 is 10.4. The molecule has 0 fully saturated rings. The zero-order valence-corrected chi connectivity index (χ0v) is 12.7. The minimum absolute atomic E-state index is 0.151. The molecule has 22 heavy (non-hydrogen) atoms. The molecule has 0 heterocycles. The predicted molar refractivity (Wildman–Crippen MR) is 81.4 cm³/mol. The van der Waals surface area contributed by atoms with Crippen molar-refractivity contribution >= 4 is 11.9 Å². The minimum Gasteiger partial charge on any atom is -0.480 e. The lowest BCUT2D eigenvalue weighted by Crippen LogP contribution is -2.52. The van der Waals surface area contributed by atoms with E-state index >= 15 is 0 Å². The van der Waals surface area contributed by atoms with Crippen LogP contribution in [0.1, 0.15) is 12.5 Å². The summed E-state index contributed by atoms with van der Waals surface area (Å²) in [5.41, 5.74) is -0.654. The fourth-order valence-electron chi connectivity index (χ4n) is 1.84. The summed E-state index contributed by atoms with van der Waals surface area (Å²) in [5.74, 6) is -1.72. The minimum atomic E-state index is -1.28. The standard InChI is InChI=1S/C16H21NO5/c1-4-10-22-11-13(14(18)19)17-15(20)16(2,21-3)12-8-6-5-7-9-12/h4-9,13H,1,10-11H2,2-3H3,(H,17,20)(H,18,19). The SMILES string of the molecule is C=CCOCC(NC(=O)C(C)(OC)c1ccccc1)C(=O)O. The van der Waals surface area contributed by atoms with Gasteiger partial charge in [-0.05, 0) is 12.5 Å². The summed E-state index contributed by atoms with van der Waals surface area (Å²) in [6.07, 6.45) is 1.50. The second-order valence-electron chi connectivity index (χ2n) is 4.79. The van der Waals surface area contributed by atoms with Crippen LogP contribution in [0, 0.1) is 0 Å². The maximum Gasteiger partial charge on any atom is 0.328 e. The molecule has 6 nitrogen and oxygen atoms in total. The van der Waals surface area contributed by atoms with Gasteiger partial charge < -0.3 is 19.9 Å². The Morgan fingerprint density at radius 2 is 2.05 bits per heavy atom. The van der Waals surface area contributed by atoms with Gasteiger partial charge in [-0.3, -0.25) is 4.79 Å². The molecule has 2 unspecified atom stereocenters. The van der Waals surface area contributed by atoms with Crippen LogP contribution in [-0.4, -0.2) is 43.3 Å².